The smallest absolute Gasteiger partial charge is 0.265 e. The highest BCUT2D eigenvalue weighted by Gasteiger charge is 2.34. The van der Waals surface area contributed by atoms with E-state index in [0.29, 0.717) is 17.3 Å². The molecule has 146 valence electrons. The number of nitrogens with one attached hydrogen (secondary N) is 1. The van der Waals surface area contributed by atoms with E-state index in [-0.39, 0.29) is 6.54 Å². The third kappa shape index (κ3) is 4.67. The van der Waals surface area contributed by atoms with E-state index in [9.17, 15) is 21.6 Å². The van der Waals surface area contributed by atoms with E-state index in [1.165, 1.54) is 6.20 Å². The molecule has 10 heteroatoms. The zero-order valence-corrected chi connectivity index (χ0v) is 15.7. The number of alkyl halides is 3. The Labute approximate surface area is 164 Å². The summed E-state index contributed by atoms with van der Waals surface area (Å²) in [5, 5.41) is -0.567. The van der Waals surface area contributed by atoms with Gasteiger partial charge in [-0.05, 0) is 48.0 Å². The Hall–Kier alpha value is -2.49. The number of aromatic nitrogens is 2. The lowest BCUT2D eigenvalue weighted by atomic mass is 10.1. The van der Waals surface area contributed by atoms with Crippen molar-refractivity contribution in [1.29, 1.82) is 0 Å². The number of halogens is 4. The number of nitrogens with zero attached hydrogens (tertiary/aromatic N) is 2. The normalized spacial score (nSPS) is 12.1. The van der Waals surface area contributed by atoms with Gasteiger partial charge in [-0.15, -0.1) is 0 Å². The fourth-order valence-corrected chi connectivity index (χ4v) is 3.68. The molecule has 0 bridgehead atoms. The molecule has 3 rings (SSSR count). The summed E-state index contributed by atoms with van der Waals surface area (Å²) in [7, 11) is -4.17. The molecule has 0 saturated heterocycles. The summed E-state index contributed by atoms with van der Waals surface area (Å²) in [4.78, 5) is 7.61. The molecule has 0 aliphatic rings. The van der Waals surface area contributed by atoms with Crippen LogP contribution in [0.5, 0.6) is 0 Å². The van der Waals surface area contributed by atoms with Gasteiger partial charge in [0.2, 0.25) is 10.0 Å². The van der Waals surface area contributed by atoms with Crippen LogP contribution in [0.2, 0.25) is 5.02 Å². The molecule has 2 aromatic heterocycles. The second kappa shape index (κ2) is 7.86. The topological polar surface area (TPSA) is 72.0 Å². The van der Waals surface area contributed by atoms with Crippen molar-refractivity contribution in [3.8, 4) is 11.3 Å². The molecule has 0 saturated carbocycles. The fourth-order valence-electron chi connectivity index (χ4n) is 2.42. The second-order valence-electron chi connectivity index (χ2n) is 5.75. The predicted molar refractivity (Wildman–Crippen MR) is 97.9 cm³/mol. The average molecular weight is 428 g/mol. The first-order valence-corrected chi connectivity index (χ1v) is 9.75. The summed E-state index contributed by atoms with van der Waals surface area (Å²) in [6.45, 7) is -0.118. The predicted octanol–water partition coefficient (Wildman–Crippen LogP) is 4.29. The highest BCUT2D eigenvalue weighted by Crippen LogP contribution is 2.35. The zero-order chi connectivity index (χ0) is 20.4. The van der Waals surface area contributed by atoms with Crippen LogP contribution in [-0.4, -0.2) is 18.4 Å². The minimum atomic E-state index is -4.76. The van der Waals surface area contributed by atoms with Crippen molar-refractivity contribution in [1.82, 2.24) is 14.7 Å². The first kappa shape index (κ1) is 20.2. The van der Waals surface area contributed by atoms with Gasteiger partial charge in [0.05, 0.1) is 21.2 Å². The van der Waals surface area contributed by atoms with Gasteiger partial charge in [0.1, 0.15) is 0 Å². The molecule has 0 aliphatic heterocycles. The minimum absolute atomic E-state index is 0.118. The lowest BCUT2D eigenvalue weighted by Crippen LogP contribution is -2.23. The molecular weight excluding hydrogens is 415 g/mol. The van der Waals surface area contributed by atoms with Crippen LogP contribution in [0.25, 0.3) is 11.3 Å². The number of rotatable bonds is 5. The molecule has 1 N–H and O–H groups in total. The minimum Gasteiger partial charge on any atom is -0.265 e. The summed E-state index contributed by atoms with van der Waals surface area (Å²) in [5.41, 5.74) is 0.800. The quantitative estimate of drug-likeness (QED) is 0.659. The van der Waals surface area contributed by atoms with E-state index < -0.39 is 31.7 Å². The molecule has 0 spiro atoms. The molecule has 2 heterocycles. The van der Waals surface area contributed by atoms with Gasteiger partial charge in [0, 0.05) is 30.7 Å². The Bertz CT molecular complexity index is 1090. The van der Waals surface area contributed by atoms with Gasteiger partial charge in [-0.25, -0.2) is 13.1 Å². The summed E-state index contributed by atoms with van der Waals surface area (Å²) < 4.78 is 66.0. The van der Waals surface area contributed by atoms with Crippen LogP contribution in [0.15, 0.2) is 66.0 Å². The van der Waals surface area contributed by atoms with Crippen molar-refractivity contribution < 1.29 is 21.6 Å². The Kier molecular flexibility index (Phi) is 5.69. The summed E-state index contributed by atoms with van der Waals surface area (Å²) in [6.07, 6.45) is -0.0348. The maximum atomic E-state index is 13.0. The van der Waals surface area contributed by atoms with Gasteiger partial charge in [-0.3, -0.25) is 9.97 Å². The van der Waals surface area contributed by atoms with Gasteiger partial charge in [0.15, 0.2) is 0 Å². The number of benzene rings is 1. The van der Waals surface area contributed by atoms with E-state index in [1.54, 1.807) is 36.7 Å². The standard InChI is InChI=1S/C18H13ClF3N3O2S/c19-16-2-1-14(10-15(16)18(20,21)22)28(26,27)25-11-12-3-8-24-17(9-12)13-4-6-23-7-5-13/h1-10,25H,11H2. The van der Waals surface area contributed by atoms with Crippen LogP contribution < -0.4 is 4.72 Å². The van der Waals surface area contributed by atoms with Gasteiger partial charge >= 0.3 is 6.18 Å². The van der Waals surface area contributed by atoms with Crippen molar-refractivity contribution in [2.45, 2.75) is 17.6 Å². The highest BCUT2D eigenvalue weighted by atomic mass is 35.5. The molecule has 3 aromatic rings. The van der Waals surface area contributed by atoms with Crippen molar-refractivity contribution in [2.75, 3.05) is 0 Å². The molecule has 0 unspecified atom stereocenters. The second-order valence-corrected chi connectivity index (χ2v) is 7.92. The Balaban J connectivity index is 1.81. The molecule has 0 amide bonds. The third-order valence-electron chi connectivity index (χ3n) is 3.82. The molecule has 28 heavy (non-hydrogen) atoms. The van der Waals surface area contributed by atoms with E-state index in [4.69, 9.17) is 11.6 Å². The van der Waals surface area contributed by atoms with Crippen molar-refractivity contribution >= 4 is 21.6 Å². The maximum Gasteiger partial charge on any atom is 0.417 e. The molecule has 5 nitrogen and oxygen atoms in total. The number of sulfonamides is 1. The Morgan fingerprint density at radius 3 is 2.39 bits per heavy atom. The Morgan fingerprint density at radius 2 is 1.71 bits per heavy atom. The largest absolute Gasteiger partial charge is 0.417 e. The molecule has 0 radical (unpaired) electrons. The van der Waals surface area contributed by atoms with Crippen LogP contribution in [0, 0.1) is 0 Å². The molecule has 1 aromatic carbocycles. The zero-order valence-electron chi connectivity index (χ0n) is 14.1. The van der Waals surface area contributed by atoms with Gasteiger partial charge in [-0.2, -0.15) is 13.2 Å². The highest BCUT2D eigenvalue weighted by molar-refractivity contribution is 7.89. The summed E-state index contributed by atoms with van der Waals surface area (Å²) >= 11 is 5.53. The Morgan fingerprint density at radius 1 is 1.00 bits per heavy atom. The van der Waals surface area contributed by atoms with Gasteiger partial charge in [-0.1, -0.05) is 11.6 Å². The first-order chi connectivity index (χ1) is 13.2. The molecule has 0 atom stereocenters. The number of pyridine rings is 2. The van der Waals surface area contributed by atoms with E-state index in [1.807, 2.05) is 0 Å². The summed E-state index contributed by atoms with van der Waals surface area (Å²) in [6, 6.07) is 9.24. The summed E-state index contributed by atoms with van der Waals surface area (Å²) in [5.74, 6) is 0. The fraction of sp³-hybridized carbons (Fsp3) is 0.111. The van der Waals surface area contributed by atoms with E-state index >= 15 is 0 Å². The van der Waals surface area contributed by atoms with Crippen LogP contribution in [0.4, 0.5) is 13.2 Å². The van der Waals surface area contributed by atoms with E-state index in [2.05, 4.69) is 14.7 Å². The lowest BCUT2D eigenvalue weighted by molar-refractivity contribution is -0.137. The van der Waals surface area contributed by atoms with Crippen molar-refractivity contribution in [3.63, 3.8) is 0 Å². The van der Waals surface area contributed by atoms with Gasteiger partial charge < -0.3 is 0 Å². The van der Waals surface area contributed by atoms with Crippen LogP contribution in [-0.2, 0) is 22.7 Å². The average Bonchev–Trinajstić information content (AvgIpc) is 2.67. The van der Waals surface area contributed by atoms with Gasteiger partial charge in [0.25, 0.3) is 0 Å². The van der Waals surface area contributed by atoms with Crippen molar-refractivity contribution in [2.24, 2.45) is 0 Å². The molecular formula is C18H13ClF3N3O2S. The number of hydrogen-bond donors (Lipinski definition) is 1. The van der Waals surface area contributed by atoms with Crippen LogP contribution in [0.1, 0.15) is 11.1 Å². The monoisotopic (exact) mass is 427 g/mol. The van der Waals surface area contributed by atoms with Crippen LogP contribution in [0.3, 0.4) is 0 Å². The lowest BCUT2D eigenvalue weighted by Gasteiger charge is -2.12. The van der Waals surface area contributed by atoms with E-state index in [0.717, 1.165) is 17.7 Å². The SMILES string of the molecule is O=S(=O)(NCc1ccnc(-c2ccncc2)c1)c1ccc(Cl)c(C(F)(F)F)c1. The van der Waals surface area contributed by atoms with Crippen molar-refractivity contribution in [3.05, 3.63) is 77.2 Å². The third-order valence-corrected chi connectivity index (χ3v) is 5.55. The number of hydrogen-bond acceptors (Lipinski definition) is 4. The van der Waals surface area contributed by atoms with Crippen LogP contribution >= 0.6 is 11.6 Å². The maximum absolute atomic E-state index is 13.0. The first-order valence-electron chi connectivity index (χ1n) is 7.88. The molecule has 0 fully saturated rings. The molecule has 0 aliphatic carbocycles.